The van der Waals surface area contributed by atoms with E-state index >= 15 is 0 Å². The summed E-state index contributed by atoms with van der Waals surface area (Å²) in [5, 5.41) is 3.02. The maximum atomic E-state index is 12.4. The van der Waals surface area contributed by atoms with Gasteiger partial charge in [0.05, 0.1) is 11.6 Å². The fourth-order valence-electron chi connectivity index (χ4n) is 2.46. The third-order valence-corrected chi connectivity index (χ3v) is 3.96. The van der Waals surface area contributed by atoms with Gasteiger partial charge >= 0.3 is 0 Å². The van der Waals surface area contributed by atoms with E-state index in [1.54, 1.807) is 0 Å². The fraction of sp³-hybridized carbons (Fsp3) is 0.467. The van der Waals surface area contributed by atoms with Gasteiger partial charge in [-0.1, -0.05) is 42.5 Å². The van der Waals surface area contributed by atoms with Gasteiger partial charge in [0.15, 0.2) is 0 Å². The predicted octanol–water partition coefficient (Wildman–Crippen LogP) is 1.60. The molecule has 3 atom stereocenters. The van der Waals surface area contributed by atoms with Crippen molar-refractivity contribution in [1.29, 1.82) is 0 Å². The average Bonchev–Trinajstić information content (AvgIpc) is 2.93. The van der Waals surface area contributed by atoms with Crippen LogP contribution >= 0.6 is 12.2 Å². The molecule has 0 aromatic heterocycles. The van der Waals surface area contributed by atoms with E-state index in [4.69, 9.17) is 22.7 Å². The molecule has 108 valence electrons. The first-order valence-electron chi connectivity index (χ1n) is 6.82. The van der Waals surface area contributed by atoms with Crippen molar-refractivity contribution < 1.29 is 9.53 Å². The average molecular weight is 292 g/mol. The molecule has 1 aromatic carbocycles. The summed E-state index contributed by atoms with van der Waals surface area (Å²) in [6, 6.07) is 9.45. The summed E-state index contributed by atoms with van der Waals surface area (Å²) >= 11 is 5.06. The maximum absolute atomic E-state index is 12.4. The number of ether oxygens (including phenoxy) is 1. The lowest BCUT2D eigenvalue weighted by atomic mass is 9.96. The third kappa shape index (κ3) is 3.55. The minimum absolute atomic E-state index is 0.0607. The highest BCUT2D eigenvalue weighted by Crippen LogP contribution is 2.20. The lowest BCUT2D eigenvalue weighted by Crippen LogP contribution is -2.43. The Morgan fingerprint density at radius 2 is 2.15 bits per heavy atom. The Morgan fingerprint density at radius 3 is 2.70 bits per heavy atom. The first-order chi connectivity index (χ1) is 9.59. The van der Waals surface area contributed by atoms with E-state index in [1.165, 1.54) is 0 Å². The Balaban J connectivity index is 2.06. The van der Waals surface area contributed by atoms with E-state index < -0.39 is 5.92 Å². The molecule has 1 heterocycles. The predicted molar refractivity (Wildman–Crippen MR) is 82.5 cm³/mol. The van der Waals surface area contributed by atoms with Crippen molar-refractivity contribution in [2.75, 3.05) is 13.2 Å². The molecule has 2 rings (SSSR count). The standard InChI is InChI=1S/C15H20N2O2S/c1-10(12-7-8-19-9-12)17-15(18)13(14(16)20)11-5-3-2-4-6-11/h2-6,10,12-13H,7-9H2,1H3,(H2,16,20)(H,17,18). The highest BCUT2D eigenvalue weighted by molar-refractivity contribution is 7.80. The lowest BCUT2D eigenvalue weighted by Gasteiger charge is -2.23. The van der Waals surface area contributed by atoms with Gasteiger partial charge in [0.2, 0.25) is 5.91 Å². The zero-order valence-corrected chi connectivity index (χ0v) is 12.4. The number of nitrogens with two attached hydrogens (primary N) is 1. The SMILES string of the molecule is CC(NC(=O)C(C(N)=S)c1ccccc1)C1CCOC1. The molecule has 1 aromatic rings. The first-order valence-corrected chi connectivity index (χ1v) is 7.23. The van der Waals surface area contributed by atoms with Gasteiger partial charge in [0.25, 0.3) is 0 Å². The topological polar surface area (TPSA) is 64.4 Å². The molecule has 1 saturated heterocycles. The maximum Gasteiger partial charge on any atom is 0.234 e. The number of thiocarbonyl (C=S) groups is 1. The van der Waals surface area contributed by atoms with Gasteiger partial charge < -0.3 is 15.8 Å². The minimum Gasteiger partial charge on any atom is -0.392 e. The van der Waals surface area contributed by atoms with Gasteiger partial charge in [-0.15, -0.1) is 0 Å². The molecule has 1 amide bonds. The van der Waals surface area contributed by atoms with E-state index in [0.29, 0.717) is 12.5 Å². The normalized spacial score (nSPS) is 21.1. The second-order valence-corrected chi connectivity index (χ2v) is 5.64. The molecule has 0 radical (unpaired) electrons. The number of benzene rings is 1. The smallest absolute Gasteiger partial charge is 0.234 e. The number of carbonyl (C=O) groups excluding carboxylic acids is 1. The Bertz CT molecular complexity index is 472. The van der Waals surface area contributed by atoms with Crippen LogP contribution in [0.5, 0.6) is 0 Å². The Morgan fingerprint density at radius 1 is 1.45 bits per heavy atom. The van der Waals surface area contributed by atoms with E-state index in [2.05, 4.69) is 5.32 Å². The van der Waals surface area contributed by atoms with Crippen LogP contribution in [0.1, 0.15) is 24.8 Å². The summed E-state index contributed by atoms with van der Waals surface area (Å²) in [5.41, 5.74) is 6.57. The van der Waals surface area contributed by atoms with Gasteiger partial charge in [0.1, 0.15) is 5.92 Å². The molecule has 0 spiro atoms. The van der Waals surface area contributed by atoms with Crippen molar-refractivity contribution in [3.63, 3.8) is 0 Å². The zero-order chi connectivity index (χ0) is 14.5. The molecule has 1 aliphatic heterocycles. The highest BCUT2D eigenvalue weighted by atomic mass is 32.1. The molecule has 3 unspecified atom stereocenters. The molecule has 0 aliphatic carbocycles. The van der Waals surface area contributed by atoms with Crippen LogP contribution in [0.25, 0.3) is 0 Å². The van der Waals surface area contributed by atoms with E-state index in [-0.39, 0.29) is 16.9 Å². The van der Waals surface area contributed by atoms with Crippen LogP contribution in [0.3, 0.4) is 0 Å². The van der Waals surface area contributed by atoms with E-state index in [0.717, 1.165) is 18.6 Å². The largest absolute Gasteiger partial charge is 0.392 e. The Hall–Kier alpha value is -1.46. The zero-order valence-electron chi connectivity index (χ0n) is 11.5. The summed E-state index contributed by atoms with van der Waals surface area (Å²) in [6.45, 7) is 3.46. The summed E-state index contributed by atoms with van der Waals surface area (Å²) < 4.78 is 5.35. The number of rotatable bonds is 5. The van der Waals surface area contributed by atoms with Gasteiger partial charge in [0, 0.05) is 18.6 Å². The van der Waals surface area contributed by atoms with Gasteiger partial charge in [-0.2, -0.15) is 0 Å². The van der Waals surface area contributed by atoms with Crippen LogP contribution in [0.15, 0.2) is 30.3 Å². The number of amides is 1. The highest BCUT2D eigenvalue weighted by Gasteiger charge is 2.28. The van der Waals surface area contributed by atoms with Crippen LogP contribution in [-0.2, 0) is 9.53 Å². The van der Waals surface area contributed by atoms with Crippen LogP contribution in [0.4, 0.5) is 0 Å². The van der Waals surface area contributed by atoms with E-state index in [9.17, 15) is 4.79 Å². The second-order valence-electron chi connectivity index (χ2n) is 5.17. The van der Waals surface area contributed by atoms with Gasteiger partial charge in [-0.25, -0.2) is 0 Å². The Kier molecular flexibility index (Phi) is 5.09. The summed E-state index contributed by atoms with van der Waals surface area (Å²) in [7, 11) is 0. The third-order valence-electron chi connectivity index (χ3n) is 3.72. The summed E-state index contributed by atoms with van der Waals surface area (Å²) in [5.74, 6) is -0.346. The van der Waals surface area contributed by atoms with Crippen molar-refractivity contribution in [3.8, 4) is 0 Å². The number of carbonyl (C=O) groups is 1. The molecule has 3 N–H and O–H groups in total. The van der Waals surface area contributed by atoms with Crippen LogP contribution in [0, 0.1) is 5.92 Å². The molecule has 4 nitrogen and oxygen atoms in total. The van der Waals surface area contributed by atoms with Crippen LogP contribution in [-0.4, -0.2) is 30.2 Å². The van der Waals surface area contributed by atoms with Crippen molar-refractivity contribution >= 4 is 23.1 Å². The fourth-order valence-corrected chi connectivity index (χ4v) is 2.71. The molecule has 1 aliphatic rings. The number of nitrogens with one attached hydrogen (secondary N) is 1. The van der Waals surface area contributed by atoms with Crippen molar-refractivity contribution in [3.05, 3.63) is 35.9 Å². The van der Waals surface area contributed by atoms with Crippen LogP contribution in [0.2, 0.25) is 0 Å². The molecule has 0 saturated carbocycles. The monoisotopic (exact) mass is 292 g/mol. The molecule has 5 heteroatoms. The second kappa shape index (κ2) is 6.81. The molecule has 1 fully saturated rings. The Labute approximate surface area is 124 Å². The molecular weight excluding hydrogens is 272 g/mol. The van der Waals surface area contributed by atoms with Crippen molar-refractivity contribution in [1.82, 2.24) is 5.32 Å². The summed E-state index contributed by atoms with van der Waals surface area (Å²) in [6.07, 6.45) is 0.977. The van der Waals surface area contributed by atoms with Gasteiger partial charge in [-0.05, 0) is 18.9 Å². The van der Waals surface area contributed by atoms with Crippen LogP contribution < -0.4 is 11.1 Å². The van der Waals surface area contributed by atoms with Crippen molar-refractivity contribution in [2.24, 2.45) is 11.7 Å². The molecular formula is C15H20N2O2S. The summed E-state index contributed by atoms with van der Waals surface area (Å²) in [4.78, 5) is 12.6. The number of hydrogen-bond donors (Lipinski definition) is 2. The molecule has 0 bridgehead atoms. The number of hydrogen-bond acceptors (Lipinski definition) is 3. The van der Waals surface area contributed by atoms with Gasteiger partial charge in [-0.3, -0.25) is 4.79 Å². The lowest BCUT2D eigenvalue weighted by molar-refractivity contribution is -0.122. The first kappa shape index (κ1) is 14.9. The molecule has 20 heavy (non-hydrogen) atoms. The minimum atomic E-state index is -0.573. The quantitative estimate of drug-likeness (QED) is 0.809. The van der Waals surface area contributed by atoms with E-state index in [1.807, 2.05) is 37.3 Å². The van der Waals surface area contributed by atoms with Crippen molar-refractivity contribution in [2.45, 2.75) is 25.3 Å².